The smallest absolute Gasteiger partial charge is 0.249 e. The number of aryl methyl sites for hydroxylation is 2. The Kier molecular flexibility index (Phi) is 4.75. The first-order valence-corrected chi connectivity index (χ1v) is 9.42. The van der Waals surface area contributed by atoms with E-state index in [4.69, 9.17) is 4.52 Å². The predicted molar refractivity (Wildman–Crippen MR) is 103 cm³/mol. The lowest BCUT2D eigenvalue weighted by Gasteiger charge is -2.23. The fourth-order valence-electron chi connectivity index (χ4n) is 3.54. The van der Waals surface area contributed by atoms with Crippen molar-refractivity contribution in [3.63, 3.8) is 0 Å². The quantitative estimate of drug-likeness (QED) is 0.673. The summed E-state index contributed by atoms with van der Waals surface area (Å²) in [5.74, 6) is 1.22. The highest BCUT2D eigenvalue weighted by Gasteiger charge is 2.36. The van der Waals surface area contributed by atoms with Crippen molar-refractivity contribution in [2.45, 2.75) is 45.7 Å². The number of carbonyl (C=O) groups excluding carboxylic acids is 1. The number of rotatable bonds is 5. The van der Waals surface area contributed by atoms with Gasteiger partial charge in [-0.25, -0.2) is 0 Å². The molecule has 5 nitrogen and oxygen atoms in total. The van der Waals surface area contributed by atoms with Crippen molar-refractivity contribution >= 4 is 5.91 Å². The molecule has 1 amide bonds. The highest BCUT2D eigenvalue weighted by molar-refractivity contribution is 5.79. The van der Waals surface area contributed by atoms with Gasteiger partial charge >= 0.3 is 0 Å². The van der Waals surface area contributed by atoms with E-state index in [1.165, 1.54) is 11.1 Å². The van der Waals surface area contributed by atoms with Crippen LogP contribution < -0.4 is 0 Å². The third-order valence-electron chi connectivity index (χ3n) is 5.28. The molecule has 0 spiro atoms. The van der Waals surface area contributed by atoms with Gasteiger partial charge in [-0.2, -0.15) is 4.98 Å². The van der Waals surface area contributed by atoms with Crippen LogP contribution in [0.15, 0.2) is 53.1 Å². The van der Waals surface area contributed by atoms with Crippen molar-refractivity contribution in [3.8, 4) is 11.4 Å². The molecule has 3 aromatic rings. The van der Waals surface area contributed by atoms with Crippen molar-refractivity contribution in [2.75, 3.05) is 0 Å². The monoisotopic (exact) mass is 361 g/mol. The topological polar surface area (TPSA) is 59.2 Å². The van der Waals surface area contributed by atoms with Gasteiger partial charge in [0.15, 0.2) is 0 Å². The molecule has 2 heterocycles. The average molecular weight is 361 g/mol. The van der Waals surface area contributed by atoms with E-state index >= 15 is 0 Å². The van der Waals surface area contributed by atoms with Gasteiger partial charge in [0.25, 0.3) is 0 Å². The van der Waals surface area contributed by atoms with Crippen LogP contribution in [0.4, 0.5) is 0 Å². The lowest BCUT2D eigenvalue weighted by molar-refractivity contribution is -0.130. The van der Waals surface area contributed by atoms with Crippen molar-refractivity contribution < 1.29 is 9.32 Å². The number of benzene rings is 2. The Morgan fingerprint density at radius 3 is 2.67 bits per heavy atom. The Labute approximate surface area is 159 Å². The van der Waals surface area contributed by atoms with Crippen LogP contribution in [-0.4, -0.2) is 20.9 Å². The Balaban J connectivity index is 1.57. The van der Waals surface area contributed by atoms with E-state index in [0.717, 1.165) is 17.5 Å². The minimum absolute atomic E-state index is 0.135. The molecule has 1 fully saturated rings. The van der Waals surface area contributed by atoms with Crippen molar-refractivity contribution in [2.24, 2.45) is 0 Å². The number of nitrogens with zero attached hydrogens (tertiary/aromatic N) is 3. The summed E-state index contributed by atoms with van der Waals surface area (Å²) in [5, 5.41) is 4.15. The molecule has 1 aliphatic heterocycles. The zero-order valence-corrected chi connectivity index (χ0v) is 15.7. The van der Waals surface area contributed by atoms with Crippen LogP contribution in [-0.2, 0) is 17.8 Å². The number of hydrogen-bond acceptors (Lipinski definition) is 4. The van der Waals surface area contributed by atoms with Crippen LogP contribution in [0.3, 0.4) is 0 Å². The first-order chi connectivity index (χ1) is 13.2. The molecular weight excluding hydrogens is 338 g/mol. The van der Waals surface area contributed by atoms with E-state index in [0.29, 0.717) is 31.1 Å². The highest BCUT2D eigenvalue weighted by Crippen LogP contribution is 2.34. The van der Waals surface area contributed by atoms with Gasteiger partial charge in [0.1, 0.15) is 6.04 Å². The van der Waals surface area contributed by atoms with Gasteiger partial charge in [-0.3, -0.25) is 4.79 Å². The Morgan fingerprint density at radius 1 is 1.15 bits per heavy atom. The average Bonchev–Trinajstić information content (AvgIpc) is 3.31. The molecule has 0 N–H and O–H groups in total. The SMILES string of the molecule is CCc1ccc(-c2noc(C3CCC(=O)N3Cc3ccccc3C)n2)cc1. The molecule has 1 aliphatic rings. The van der Waals surface area contributed by atoms with Gasteiger partial charge in [0.2, 0.25) is 17.6 Å². The molecule has 1 unspecified atom stereocenters. The van der Waals surface area contributed by atoms with Crippen LogP contribution in [0, 0.1) is 6.92 Å². The molecule has 1 aromatic heterocycles. The van der Waals surface area contributed by atoms with Crippen LogP contribution >= 0.6 is 0 Å². The largest absolute Gasteiger partial charge is 0.337 e. The minimum Gasteiger partial charge on any atom is -0.337 e. The molecule has 0 bridgehead atoms. The first-order valence-electron chi connectivity index (χ1n) is 9.42. The lowest BCUT2D eigenvalue weighted by Crippen LogP contribution is -2.27. The second-order valence-electron chi connectivity index (χ2n) is 7.01. The van der Waals surface area contributed by atoms with Crippen molar-refractivity contribution in [1.29, 1.82) is 0 Å². The molecule has 27 heavy (non-hydrogen) atoms. The standard InChI is InChI=1S/C22H23N3O2/c1-3-16-8-10-17(11-9-16)21-23-22(27-24-21)19-12-13-20(26)25(19)14-18-7-5-4-6-15(18)2/h4-11,19H,3,12-14H2,1-2H3. The normalized spacial score (nSPS) is 16.9. The lowest BCUT2D eigenvalue weighted by atomic mass is 10.1. The van der Waals surface area contributed by atoms with Gasteiger partial charge in [-0.15, -0.1) is 0 Å². The molecule has 0 radical (unpaired) electrons. The molecule has 2 aromatic carbocycles. The van der Waals surface area contributed by atoms with E-state index in [1.54, 1.807) is 0 Å². The van der Waals surface area contributed by atoms with Crippen LogP contribution in [0.25, 0.3) is 11.4 Å². The highest BCUT2D eigenvalue weighted by atomic mass is 16.5. The van der Waals surface area contributed by atoms with Crippen LogP contribution in [0.2, 0.25) is 0 Å². The van der Waals surface area contributed by atoms with Crippen molar-refractivity contribution in [1.82, 2.24) is 15.0 Å². The summed E-state index contributed by atoms with van der Waals surface area (Å²) in [4.78, 5) is 18.9. The van der Waals surface area contributed by atoms with Gasteiger partial charge < -0.3 is 9.42 Å². The molecule has 1 atom stereocenters. The number of aromatic nitrogens is 2. The zero-order chi connectivity index (χ0) is 18.8. The second-order valence-corrected chi connectivity index (χ2v) is 7.01. The molecule has 0 aliphatic carbocycles. The summed E-state index contributed by atoms with van der Waals surface area (Å²) >= 11 is 0. The Bertz CT molecular complexity index is 946. The first kappa shape index (κ1) is 17.5. The number of amides is 1. The molecule has 1 saturated heterocycles. The van der Waals surface area contributed by atoms with Crippen molar-refractivity contribution in [3.05, 3.63) is 71.1 Å². The third kappa shape index (κ3) is 3.50. The summed E-state index contributed by atoms with van der Waals surface area (Å²) in [5.41, 5.74) is 4.52. The summed E-state index contributed by atoms with van der Waals surface area (Å²) < 4.78 is 5.55. The molecule has 4 rings (SSSR count). The minimum atomic E-state index is -0.159. The Morgan fingerprint density at radius 2 is 1.93 bits per heavy atom. The fourth-order valence-corrected chi connectivity index (χ4v) is 3.54. The van der Waals surface area contributed by atoms with Gasteiger partial charge in [0.05, 0.1) is 0 Å². The molecule has 0 saturated carbocycles. The maximum Gasteiger partial charge on any atom is 0.249 e. The number of likely N-dealkylation sites (tertiary alicyclic amines) is 1. The summed E-state index contributed by atoms with van der Waals surface area (Å²) in [6.07, 6.45) is 2.22. The summed E-state index contributed by atoms with van der Waals surface area (Å²) in [6, 6.07) is 16.2. The third-order valence-corrected chi connectivity index (χ3v) is 5.28. The van der Waals surface area contributed by atoms with E-state index in [9.17, 15) is 4.79 Å². The van der Waals surface area contributed by atoms with E-state index in [1.807, 2.05) is 29.2 Å². The molecule has 138 valence electrons. The van der Waals surface area contributed by atoms with E-state index < -0.39 is 0 Å². The maximum atomic E-state index is 12.5. The zero-order valence-electron chi connectivity index (χ0n) is 15.7. The molecular formula is C22H23N3O2. The Hall–Kier alpha value is -2.95. The summed E-state index contributed by atoms with van der Waals surface area (Å²) in [7, 11) is 0. The summed E-state index contributed by atoms with van der Waals surface area (Å²) in [6.45, 7) is 4.76. The predicted octanol–water partition coefficient (Wildman–Crippen LogP) is 4.47. The number of carbonyl (C=O) groups is 1. The second kappa shape index (κ2) is 7.35. The van der Waals surface area contributed by atoms with Crippen LogP contribution in [0.1, 0.15) is 48.4 Å². The van der Waals surface area contributed by atoms with Crippen LogP contribution in [0.5, 0.6) is 0 Å². The number of hydrogen-bond donors (Lipinski definition) is 0. The van der Waals surface area contributed by atoms with Gasteiger partial charge in [-0.1, -0.05) is 60.6 Å². The van der Waals surface area contributed by atoms with E-state index in [-0.39, 0.29) is 11.9 Å². The van der Waals surface area contributed by atoms with Gasteiger partial charge in [-0.05, 0) is 36.5 Å². The molecule has 5 heteroatoms. The van der Waals surface area contributed by atoms with E-state index in [2.05, 4.69) is 48.3 Å². The fraction of sp³-hybridized carbons (Fsp3) is 0.318. The maximum absolute atomic E-state index is 12.5. The van der Waals surface area contributed by atoms with Gasteiger partial charge in [0, 0.05) is 18.5 Å².